The summed E-state index contributed by atoms with van der Waals surface area (Å²) in [5, 5.41) is 9.77. The smallest absolute Gasteiger partial charge is 0.118 e. The summed E-state index contributed by atoms with van der Waals surface area (Å²) >= 11 is 0. The molecule has 2 aromatic carbocycles. The number of allylic oxidation sites excluding steroid dienone is 4. The van der Waals surface area contributed by atoms with Crippen molar-refractivity contribution < 1.29 is 5.11 Å². The van der Waals surface area contributed by atoms with Crippen molar-refractivity contribution in [3.8, 4) is 22.6 Å². The predicted octanol–water partition coefficient (Wildman–Crippen LogP) is 10.3. The molecule has 196 valence electrons. The Labute approximate surface area is 221 Å². The molecule has 2 heteroatoms. The number of nitrogens with zero attached hydrogens (tertiary/aromatic N) is 1. The summed E-state index contributed by atoms with van der Waals surface area (Å²) in [5.41, 5.74) is 8.82. The van der Waals surface area contributed by atoms with Crippen molar-refractivity contribution in [2.45, 2.75) is 93.9 Å². The van der Waals surface area contributed by atoms with Gasteiger partial charge in [-0.3, -0.25) is 0 Å². The Balaban J connectivity index is 0.000000389. The molecule has 0 atom stereocenters. The van der Waals surface area contributed by atoms with Gasteiger partial charge in [0.25, 0.3) is 0 Å². The lowest BCUT2D eigenvalue weighted by Gasteiger charge is -2.20. The number of aryl methyl sites for hydroxylation is 3. The third-order valence-electron chi connectivity index (χ3n) is 6.02. The Bertz CT molecular complexity index is 1070. The van der Waals surface area contributed by atoms with E-state index >= 15 is 0 Å². The SMILES string of the molecule is CC.CC/C=C\C=C/CC.CCCC.Cc1cc(-n2c(C)cc3c2CCc2ccccc2-3)ccc1O. The van der Waals surface area contributed by atoms with Crippen LogP contribution in [0.4, 0.5) is 0 Å². The number of phenols is 1. The molecule has 1 aliphatic rings. The van der Waals surface area contributed by atoms with E-state index in [0.29, 0.717) is 5.75 Å². The predicted molar refractivity (Wildman–Crippen MR) is 161 cm³/mol. The first-order valence-electron chi connectivity index (χ1n) is 13.9. The first-order chi connectivity index (χ1) is 17.5. The summed E-state index contributed by atoms with van der Waals surface area (Å²) in [5.74, 6) is 0.354. The Morgan fingerprint density at radius 2 is 1.39 bits per heavy atom. The molecule has 1 N–H and O–H groups in total. The van der Waals surface area contributed by atoms with Gasteiger partial charge in [0.2, 0.25) is 0 Å². The maximum atomic E-state index is 9.77. The molecule has 0 amide bonds. The highest BCUT2D eigenvalue weighted by molar-refractivity contribution is 5.74. The van der Waals surface area contributed by atoms with Gasteiger partial charge in [0.05, 0.1) is 0 Å². The number of fused-ring (bicyclic) bond motifs is 3. The molecule has 0 saturated carbocycles. The fraction of sp³-hybridized carbons (Fsp3) is 0.412. The van der Waals surface area contributed by atoms with E-state index in [4.69, 9.17) is 0 Å². The van der Waals surface area contributed by atoms with Crippen molar-refractivity contribution >= 4 is 0 Å². The Morgan fingerprint density at radius 3 is 1.94 bits per heavy atom. The third-order valence-corrected chi connectivity index (χ3v) is 6.02. The number of unbranched alkanes of at least 4 members (excludes halogenated alkanes) is 1. The fourth-order valence-electron chi connectivity index (χ4n) is 3.99. The van der Waals surface area contributed by atoms with Gasteiger partial charge in [-0.2, -0.15) is 0 Å². The first kappa shape index (κ1) is 31.0. The molecule has 0 unspecified atom stereocenters. The third kappa shape index (κ3) is 8.90. The average Bonchev–Trinajstić information content (AvgIpc) is 3.26. The lowest BCUT2D eigenvalue weighted by atomic mass is 9.90. The van der Waals surface area contributed by atoms with Crippen LogP contribution in [0.25, 0.3) is 16.8 Å². The zero-order valence-electron chi connectivity index (χ0n) is 24.1. The van der Waals surface area contributed by atoms with Crippen molar-refractivity contribution in [1.82, 2.24) is 4.57 Å². The number of hydrogen-bond donors (Lipinski definition) is 1. The molecule has 0 spiro atoms. The lowest BCUT2D eigenvalue weighted by molar-refractivity contribution is 0.471. The van der Waals surface area contributed by atoms with Crippen LogP contribution in [-0.4, -0.2) is 9.67 Å². The molecule has 1 aromatic heterocycles. The summed E-state index contributed by atoms with van der Waals surface area (Å²) in [6, 6.07) is 16.8. The second kappa shape index (κ2) is 17.4. The second-order valence-corrected chi connectivity index (χ2v) is 8.78. The molecular weight excluding hydrogens is 438 g/mol. The normalized spacial score (nSPS) is 11.4. The number of aromatic hydroxyl groups is 1. The number of benzene rings is 2. The summed E-state index contributed by atoms with van der Waals surface area (Å²) in [7, 11) is 0. The van der Waals surface area contributed by atoms with Gasteiger partial charge in [0.1, 0.15) is 5.75 Å². The van der Waals surface area contributed by atoms with Crippen LogP contribution in [0.1, 0.15) is 89.7 Å². The van der Waals surface area contributed by atoms with Crippen molar-refractivity contribution in [3.05, 3.63) is 95.3 Å². The van der Waals surface area contributed by atoms with Crippen LogP contribution < -0.4 is 0 Å². The van der Waals surface area contributed by atoms with Crippen LogP contribution >= 0.6 is 0 Å². The van der Waals surface area contributed by atoms with Crippen molar-refractivity contribution in [1.29, 1.82) is 0 Å². The van der Waals surface area contributed by atoms with Crippen LogP contribution in [0.15, 0.2) is 72.8 Å². The van der Waals surface area contributed by atoms with E-state index < -0.39 is 0 Å². The highest BCUT2D eigenvalue weighted by atomic mass is 16.3. The highest BCUT2D eigenvalue weighted by Gasteiger charge is 2.21. The second-order valence-electron chi connectivity index (χ2n) is 8.78. The Kier molecular flexibility index (Phi) is 15.0. The first-order valence-corrected chi connectivity index (χ1v) is 13.9. The number of hydrogen-bond acceptors (Lipinski definition) is 1. The van der Waals surface area contributed by atoms with E-state index in [9.17, 15) is 5.11 Å². The van der Waals surface area contributed by atoms with Gasteiger partial charge in [0, 0.05) is 22.6 Å². The van der Waals surface area contributed by atoms with E-state index in [-0.39, 0.29) is 0 Å². The maximum Gasteiger partial charge on any atom is 0.118 e. The molecule has 36 heavy (non-hydrogen) atoms. The van der Waals surface area contributed by atoms with Gasteiger partial charge in [-0.1, -0.05) is 103 Å². The highest BCUT2D eigenvalue weighted by Crippen LogP contribution is 2.37. The van der Waals surface area contributed by atoms with Crippen molar-refractivity contribution in [2.24, 2.45) is 0 Å². The number of rotatable bonds is 5. The zero-order chi connectivity index (χ0) is 26.9. The van der Waals surface area contributed by atoms with Crippen LogP contribution in [-0.2, 0) is 12.8 Å². The van der Waals surface area contributed by atoms with Gasteiger partial charge < -0.3 is 9.67 Å². The van der Waals surface area contributed by atoms with Crippen LogP contribution in [0, 0.1) is 13.8 Å². The summed E-state index contributed by atoms with van der Waals surface area (Å²) in [6.45, 7) is 16.7. The Hall–Kier alpha value is -3.00. The van der Waals surface area contributed by atoms with Crippen LogP contribution in [0.5, 0.6) is 5.75 Å². The summed E-state index contributed by atoms with van der Waals surface area (Å²) in [6.07, 6.45) is 15.5. The van der Waals surface area contributed by atoms with Gasteiger partial charge >= 0.3 is 0 Å². The quantitative estimate of drug-likeness (QED) is 0.356. The minimum atomic E-state index is 0.354. The fourth-order valence-corrected chi connectivity index (χ4v) is 3.99. The molecule has 0 bridgehead atoms. The Morgan fingerprint density at radius 1 is 0.778 bits per heavy atom. The van der Waals surface area contributed by atoms with Crippen LogP contribution in [0.3, 0.4) is 0 Å². The number of phenolic OH excluding ortho intramolecular Hbond substituents is 1. The molecule has 0 aliphatic heterocycles. The van der Waals surface area contributed by atoms with Gasteiger partial charge in [0.15, 0.2) is 0 Å². The molecule has 3 aromatic rings. The topological polar surface area (TPSA) is 25.2 Å². The van der Waals surface area contributed by atoms with Crippen LogP contribution in [0.2, 0.25) is 0 Å². The van der Waals surface area contributed by atoms with E-state index in [2.05, 4.69) is 99.9 Å². The molecule has 0 fully saturated rings. The lowest BCUT2D eigenvalue weighted by Crippen LogP contribution is -2.08. The maximum absolute atomic E-state index is 9.77. The van der Waals surface area contributed by atoms with Gasteiger partial charge in [-0.25, -0.2) is 0 Å². The summed E-state index contributed by atoms with van der Waals surface area (Å²) in [4.78, 5) is 0. The molecule has 2 nitrogen and oxygen atoms in total. The molecule has 0 saturated heterocycles. The standard InChI is InChI=1S/C20H19NO.C8H14.C4H10.C2H6/c1-13-11-16(8-10-20(13)22)21-14(2)12-18-17-6-4-3-5-15(17)7-9-19(18)21;1-3-5-7-8-6-4-2;1-3-4-2;1-2/h3-6,8,10-12,22H,7,9H2,1-2H3;5-8H,3-4H2,1-2H3;3-4H2,1-2H3;1-2H3/b;7-5-,8-6-;;. The van der Waals surface area contributed by atoms with E-state index in [1.54, 1.807) is 6.07 Å². The molecular formula is C34H49NO. The van der Waals surface area contributed by atoms with E-state index in [1.807, 2.05) is 26.8 Å². The molecule has 0 radical (unpaired) electrons. The van der Waals surface area contributed by atoms with E-state index in [1.165, 1.54) is 40.9 Å². The average molecular weight is 488 g/mol. The molecule has 1 aliphatic carbocycles. The van der Waals surface area contributed by atoms with Crippen molar-refractivity contribution in [3.63, 3.8) is 0 Å². The number of aromatic nitrogens is 1. The minimum Gasteiger partial charge on any atom is -0.508 e. The van der Waals surface area contributed by atoms with Crippen molar-refractivity contribution in [2.75, 3.05) is 0 Å². The monoisotopic (exact) mass is 487 g/mol. The van der Waals surface area contributed by atoms with Gasteiger partial charge in [-0.05, 0) is 80.5 Å². The van der Waals surface area contributed by atoms with Gasteiger partial charge in [-0.15, -0.1) is 0 Å². The largest absolute Gasteiger partial charge is 0.508 e. The zero-order valence-corrected chi connectivity index (χ0v) is 24.1. The molecule has 4 rings (SSSR count). The minimum absolute atomic E-state index is 0.354. The molecule has 1 heterocycles. The van der Waals surface area contributed by atoms with E-state index in [0.717, 1.165) is 36.9 Å². The summed E-state index contributed by atoms with van der Waals surface area (Å²) < 4.78 is 2.33.